The number of anilines is 2. The monoisotopic (exact) mass is 430 g/mol. The molecule has 3 atom stereocenters. The summed E-state index contributed by atoms with van der Waals surface area (Å²) in [5.74, 6) is 0.358. The van der Waals surface area contributed by atoms with Gasteiger partial charge in [0.2, 0.25) is 0 Å². The zero-order chi connectivity index (χ0) is 21.9. The summed E-state index contributed by atoms with van der Waals surface area (Å²) in [7, 11) is 0.582. The molecule has 0 spiro atoms. The minimum absolute atomic E-state index is 0.00488. The molecule has 30 heavy (non-hydrogen) atoms. The van der Waals surface area contributed by atoms with Gasteiger partial charge in [0.1, 0.15) is 0 Å². The lowest BCUT2D eigenvalue weighted by Gasteiger charge is -2.30. The molecule has 0 aromatic heterocycles. The Morgan fingerprint density at radius 2 is 1.90 bits per heavy atom. The Hall–Kier alpha value is -2.05. The number of benzene rings is 2. The standard InChI is InChI=1S/C24H34N2O3S/c1-17-16-30(28,29)24-11-10-20(26(2)3)15-23(24)22(21(17)12-13-27)9-5-7-18-6-4-8-19(25)14-18/h4,6,8,10-11,14-15,17,21-22,27H,5,7,9,12-13,16,25H2,1-3H3/t17-,21?,22?/m1/s1. The normalized spacial score (nSPS) is 22.9. The van der Waals surface area contributed by atoms with E-state index in [9.17, 15) is 13.5 Å². The van der Waals surface area contributed by atoms with Gasteiger partial charge in [0.15, 0.2) is 9.84 Å². The van der Waals surface area contributed by atoms with E-state index in [2.05, 4.69) is 6.07 Å². The Kier molecular flexibility index (Phi) is 7.09. The highest BCUT2D eigenvalue weighted by Crippen LogP contribution is 2.44. The third-order valence-electron chi connectivity index (χ3n) is 6.37. The van der Waals surface area contributed by atoms with Crippen LogP contribution in [0.2, 0.25) is 0 Å². The lowest BCUT2D eigenvalue weighted by Crippen LogP contribution is -2.24. The molecule has 2 aromatic rings. The average molecular weight is 431 g/mol. The van der Waals surface area contributed by atoms with Gasteiger partial charge in [-0.2, -0.15) is 0 Å². The third kappa shape index (κ3) is 4.98. The first-order valence-electron chi connectivity index (χ1n) is 10.7. The Labute approximate surface area is 180 Å². The van der Waals surface area contributed by atoms with E-state index >= 15 is 0 Å². The van der Waals surface area contributed by atoms with Crippen LogP contribution in [0.25, 0.3) is 0 Å². The first-order chi connectivity index (χ1) is 14.2. The van der Waals surface area contributed by atoms with Crippen LogP contribution in [0.4, 0.5) is 11.4 Å². The molecule has 3 N–H and O–H groups in total. The van der Waals surface area contributed by atoms with Gasteiger partial charge in [0.25, 0.3) is 0 Å². The molecule has 0 radical (unpaired) electrons. The largest absolute Gasteiger partial charge is 0.399 e. The second-order valence-corrected chi connectivity index (χ2v) is 10.8. The zero-order valence-electron chi connectivity index (χ0n) is 18.2. The molecular formula is C24H34N2O3S. The number of rotatable bonds is 7. The number of aryl methyl sites for hydroxylation is 1. The van der Waals surface area contributed by atoms with E-state index in [1.54, 1.807) is 6.07 Å². The summed E-state index contributed by atoms with van der Waals surface area (Å²) in [5, 5.41) is 9.73. The molecule has 1 heterocycles. The van der Waals surface area contributed by atoms with E-state index in [4.69, 9.17) is 5.73 Å². The van der Waals surface area contributed by atoms with Crippen molar-refractivity contribution < 1.29 is 13.5 Å². The number of hydrogen-bond donors (Lipinski definition) is 2. The van der Waals surface area contributed by atoms with E-state index in [1.165, 1.54) is 5.56 Å². The van der Waals surface area contributed by atoms with Crippen LogP contribution in [-0.4, -0.2) is 40.0 Å². The van der Waals surface area contributed by atoms with Crippen LogP contribution in [0.1, 0.15) is 43.2 Å². The van der Waals surface area contributed by atoms with Crippen LogP contribution in [0.5, 0.6) is 0 Å². The quantitative estimate of drug-likeness (QED) is 0.652. The van der Waals surface area contributed by atoms with Crippen LogP contribution < -0.4 is 10.6 Å². The SMILES string of the molecule is C[C@@H]1CS(=O)(=O)c2ccc(N(C)C)cc2C(CCCc2cccc(N)c2)C1CCO. The fourth-order valence-corrected chi connectivity index (χ4v) is 6.82. The summed E-state index contributed by atoms with van der Waals surface area (Å²) < 4.78 is 26.2. The van der Waals surface area contributed by atoms with Gasteiger partial charge < -0.3 is 15.7 Å². The van der Waals surface area contributed by atoms with E-state index in [0.29, 0.717) is 11.3 Å². The second-order valence-electron chi connectivity index (χ2n) is 8.80. The first-order valence-corrected chi connectivity index (χ1v) is 12.4. The highest BCUT2D eigenvalue weighted by atomic mass is 32.2. The van der Waals surface area contributed by atoms with E-state index in [-0.39, 0.29) is 30.1 Å². The highest BCUT2D eigenvalue weighted by Gasteiger charge is 2.38. The smallest absolute Gasteiger partial charge is 0.178 e. The molecule has 164 valence electrons. The number of fused-ring (bicyclic) bond motifs is 1. The van der Waals surface area contributed by atoms with Gasteiger partial charge >= 0.3 is 0 Å². The van der Waals surface area contributed by atoms with Crippen molar-refractivity contribution in [2.75, 3.05) is 37.1 Å². The number of nitrogen functional groups attached to an aromatic ring is 1. The van der Waals surface area contributed by atoms with E-state index in [1.807, 2.05) is 56.3 Å². The van der Waals surface area contributed by atoms with Crippen molar-refractivity contribution in [2.24, 2.45) is 11.8 Å². The number of nitrogens with zero attached hydrogens (tertiary/aromatic N) is 1. The van der Waals surface area contributed by atoms with Gasteiger partial charge in [-0.3, -0.25) is 0 Å². The van der Waals surface area contributed by atoms with Gasteiger partial charge in [-0.05, 0) is 84.9 Å². The maximum Gasteiger partial charge on any atom is 0.178 e. The molecular weight excluding hydrogens is 396 g/mol. The molecule has 0 amide bonds. The molecule has 0 bridgehead atoms. The third-order valence-corrected chi connectivity index (χ3v) is 8.37. The fourth-order valence-electron chi connectivity index (χ4n) is 4.85. The Morgan fingerprint density at radius 1 is 1.13 bits per heavy atom. The molecule has 0 saturated carbocycles. The van der Waals surface area contributed by atoms with Crippen molar-refractivity contribution in [1.29, 1.82) is 0 Å². The molecule has 2 aromatic carbocycles. The number of aliphatic hydroxyl groups is 1. The van der Waals surface area contributed by atoms with Crippen molar-refractivity contribution in [2.45, 2.75) is 43.4 Å². The molecule has 0 aliphatic carbocycles. The predicted molar refractivity (Wildman–Crippen MR) is 124 cm³/mol. The van der Waals surface area contributed by atoms with Gasteiger partial charge in [-0.1, -0.05) is 19.1 Å². The van der Waals surface area contributed by atoms with Gasteiger partial charge in [-0.15, -0.1) is 0 Å². The lowest BCUT2D eigenvalue weighted by atomic mass is 9.75. The molecule has 5 nitrogen and oxygen atoms in total. The summed E-state index contributed by atoms with van der Waals surface area (Å²) in [6.07, 6.45) is 3.33. The van der Waals surface area contributed by atoms with Crippen molar-refractivity contribution in [1.82, 2.24) is 0 Å². The van der Waals surface area contributed by atoms with E-state index < -0.39 is 9.84 Å². The second kappa shape index (κ2) is 9.40. The predicted octanol–water partition coefficient (Wildman–Crippen LogP) is 3.86. The number of hydrogen-bond acceptors (Lipinski definition) is 5. The molecule has 0 saturated heterocycles. The van der Waals surface area contributed by atoms with Gasteiger partial charge in [0, 0.05) is 32.1 Å². The first kappa shape index (κ1) is 22.6. The van der Waals surface area contributed by atoms with Crippen molar-refractivity contribution in [3.8, 4) is 0 Å². The average Bonchev–Trinajstić information content (AvgIpc) is 2.76. The number of nitrogens with two attached hydrogens (primary N) is 1. The van der Waals surface area contributed by atoms with Crippen molar-refractivity contribution in [3.63, 3.8) is 0 Å². The Morgan fingerprint density at radius 3 is 2.57 bits per heavy atom. The fraction of sp³-hybridized carbons (Fsp3) is 0.500. The molecule has 1 aliphatic rings. The minimum Gasteiger partial charge on any atom is -0.399 e. The van der Waals surface area contributed by atoms with Crippen LogP contribution in [0, 0.1) is 11.8 Å². The van der Waals surface area contributed by atoms with Gasteiger partial charge in [-0.25, -0.2) is 8.42 Å². The highest BCUT2D eigenvalue weighted by molar-refractivity contribution is 7.91. The number of sulfone groups is 1. The van der Waals surface area contributed by atoms with Crippen LogP contribution in [0.3, 0.4) is 0 Å². The summed E-state index contributed by atoms with van der Waals surface area (Å²) in [5.41, 5.74) is 9.79. The molecule has 3 rings (SSSR count). The summed E-state index contributed by atoms with van der Waals surface area (Å²) in [6, 6.07) is 13.6. The number of aliphatic hydroxyl groups excluding tert-OH is 1. The maximum absolute atomic E-state index is 13.1. The van der Waals surface area contributed by atoms with Crippen LogP contribution in [-0.2, 0) is 16.3 Å². The van der Waals surface area contributed by atoms with Crippen LogP contribution in [0.15, 0.2) is 47.4 Å². The van der Waals surface area contributed by atoms with Crippen LogP contribution >= 0.6 is 0 Å². The molecule has 2 unspecified atom stereocenters. The van der Waals surface area contributed by atoms with Gasteiger partial charge in [0.05, 0.1) is 10.6 Å². The summed E-state index contributed by atoms with van der Waals surface area (Å²) >= 11 is 0. The molecule has 1 aliphatic heterocycles. The Bertz CT molecular complexity index is 972. The molecule has 6 heteroatoms. The van der Waals surface area contributed by atoms with Crippen molar-refractivity contribution >= 4 is 21.2 Å². The summed E-state index contributed by atoms with van der Waals surface area (Å²) in [6.45, 7) is 2.09. The van der Waals surface area contributed by atoms with Crippen molar-refractivity contribution in [3.05, 3.63) is 53.6 Å². The lowest BCUT2D eigenvalue weighted by molar-refractivity contribution is 0.205. The maximum atomic E-state index is 13.1. The topological polar surface area (TPSA) is 83.6 Å². The Balaban J connectivity index is 1.97. The zero-order valence-corrected chi connectivity index (χ0v) is 19.0. The summed E-state index contributed by atoms with van der Waals surface area (Å²) in [4.78, 5) is 2.47. The minimum atomic E-state index is -3.35. The molecule has 0 fully saturated rings. The van der Waals surface area contributed by atoms with E-state index in [0.717, 1.165) is 36.2 Å².